The lowest BCUT2D eigenvalue weighted by atomic mass is 10.1. The van der Waals surface area contributed by atoms with E-state index in [0.717, 1.165) is 21.7 Å². The normalized spacial score (nSPS) is 9.81. The van der Waals surface area contributed by atoms with E-state index in [1.54, 1.807) is 11.8 Å². The lowest BCUT2D eigenvalue weighted by Crippen LogP contribution is -1.96. The number of nitrogens with one attached hydrogen (secondary N) is 2. The first-order chi connectivity index (χ1) is 12.5. The number of hydrogen-bond donors (Lipinski definition) is 3. The van der Waals surface area contributed by atoms with Gasteiger partial charge in [0.2, 0.25) is 11.9 Å². The SMILES string of the molecule is CC.Cc1cc(Nc2n[nH]c(N)n2)cc(C)c1Sc1ccc(C#N)cc1. The standard InChI is InChI=1S/C17H16N6S.C2H6/c1-10-7-13(20-17-21-16(19)22-23-17)8-11(2)15(10)24-14-5-3-12(9-18)4-6-14;1-2/h3-8H,1-2H3,(H4,19,20,21,22,23);1-2H3. The number of benzene rings is 2. The second kappa shape index (κ2) is 8.92. The highest BCUT2D eigenvalue weighted by molar-refractivity contribution is 7.99. The highest BCUT2D eigenvalue weighted by Crippen LogP contribution is 2.35. The number of H-pyrrole nitrogens is 1. The Morgan fingerprint density at radius 3 is 2.23 bits per heavy atom. The van der Waals surface area contributed by atoms with Crippen LogP contribution in [0, 0.1) is 25.2 Å². The number of nitrogens with zero attached hydrogens (tertiary/aromatic N) is 3. The van der Waals surface area contributed by atoms with Crippen LogP contribution in [-0.2, 0) is 0 Å². The van der Waals surface area contributed by atoms with Crippen molar-refractivity contribution < 1.29 is 0 Å². The molecule has 2 aromatic carbocycles. The van der Waals surface area contributed by atoms with Crippen molar-refractivity contribution in [3.63, 3.8) is 0 Å². The summed E-state index contributed by atoms with van der Waals surface area (Å²) >= 11 is 1.68. The highest BCUT2D eigenvalue weighted by atomic mass is 32.2. The van der Waals surface area contributed by atoms with Crippen molar-refractivity contribution in [2.75, 3.05) is 11.1 Å². The van der Waals surface area contributed by atoms with E-state index in [1.807, 2.05) is 50.2 Å². The fourth-order valence-electron chi connectivity index (χ4n) is 2.36. The topological polar surface area (TPSA) is 103 Å². The molecule has 1 aromatic heterocycles. The Labute approximate surface area is 157 Å². The van der Waals surface area contributed by atoms with Gasteiger partial charge in [0.1, 0.15) is 0 Å². The summed E-state index contributed by atoms with van der Waals surface area (Å²) < 4.78 is 0. The summed E-state index contributed by atoms with van der Waals surface area (Å²) in [6.45, 7) is 8.13. The van der Waals surface area contributed by atoms with Gasteiger partial charge in [-0.15, -0.1) is 5.10 Å². The van der Waals surface area contributed by atoms with Gasteiger partial charge in [-0.2, -0.15) is 10.2 Å². The lowest BCUT2D eigenvalue weighted by Gasteiger charge is -2.12. The van der Waals surface area contributed by atoms with E-state index in [0.29, 0.717) is 11.5 Å². The number of nitrogen functional groups attached to an aromatic ring is 1. The predicted octanol–water partition coefficient (Wildman–Crippen LogP) is 4.80. The van der Waals surface area contributed by atoms with Crippen LogP contribution in [0.25, 0.3) is 0 Å². The fraction of sp³-hybridized carbons (Fsp3) is 0.211. The van der Waals surface area contributed by atoms with Gasteiger partial charge < -0.3 is 11.1 Å². The Kier molecular flexibility index (Phi) is 6.64. The van der Waals surface area contributed by atoms with E-state index < -0.39 is 0 Å². The molecule has 0 bridgehead atoms. The number of nitrogens with two attached hydrogens (primary N) is 1. The highest BCUT2D eigenvalue weighted by Gasteiger charge is 2.09. The number of aryl methyl sites for hydroxylation is 2. The van der Waals surface area contributed by atoms with Crippen LogP contribution in [-0.4, -0.2) is 15.2 Å². The van der Waals surface area contributed by atoms with Crippen LogP contribution in [0.4, 0.5) is 17.6 Å². The molecular weight excluding hydrogens is 344 g/mol. The first-order valence-electron chi connectivity index (χ1n) is 8.29. The van der Waals surface area contributed by atoms with E-state index in [9.17, 15) is 0 Å². The van der Waals surface area contributed by atoms with Crippen molar-refractivity contribution in [3.05, 3.63) is 53.1 Å². The number of anilines is 3. The maximum atomic E-state index is 8.88. The summed E-state index contributed by atoms with van der Waals surface area (Å²) in [5.74, 6) is 0.720. The van der Waals surface area contributed by atoms with E-state index in [-0.39, 0.29) is 5.95 Å². The van der Waals surface area contributed by atoms with Gasteiger partial charge >= 0.3 is 0 Å². The van der Waals surface area contributed by atoms with Gasteiger partial charge in [0.05, 0.1) is 11.6 Å². The summed E-state index contributed by atoms with van der Waals surface area (Å²) in [6, 6.07) is 13.8. The molecule has 0 saturated heterocycles. The summed E-state index contributed by atoms with van der Waals surface area (Å²) in [6.07, 6.45) is 0. The summed E-state index contributed by atoms with van der Waals surface area (Å²) in [5, 5.41) is 18.6. The first-order valence-corrected chi connectivity index (χ1v) is 9.11. The average molecular weight is 366 g/mol. The zero-order valence-corrected chi connectivity index (χ0v) is 16.1. The zero-order chi connectivity index (χ0) is 19.1. The number of rotatable bonds is 4. The van der Waals surface area contributed by atoms with Crippen LogP contribution in [0.5, 0.6) is 0 Å². The molecule has 3 aromatic rings. The number of aromatic amines is 1. The van der Waals surface area contributed by atoms with Crippen LogP contribution in [0.1, 0.15) is 30.5 Å². The molecular formula is C19H22N6S. The molecule has 4 N–H and O–H groups in total. The molecule has 0 atom stereocenters. The molecule has 0 aliphatic rings. The number of aromatic nitrogens is 3. The van der Waals surface area contributed by atoms with Crippen LogP contribution in [0.3, 0.4) is 0 Å². The van der Waals surface area contributed by atoms with Crippen molar-refractivity contribution in [3.8, 4) is 6.07 Å². The molecule has 134 valence electrons. The molecule has 7 heteroatoms. The van der Waals surface area contributed by atoms with Gasteiger partial charge in [0, 0.05) is 15.5 Å². The van der Waals surface area contributed by atoms with Crippen LogP contribution in [0.15, 0.2) is 46.2 Å². The van der Waals surface area contributed by atoms with Crippen molar-refractivity contribution in [2.45, 2.75) is 37.5 Å². The third-order valence-corrected chi connectivity index (χ3v) is 4.78. The van der Waals surface area contributed by atoms with E-state index in [4.69, 9.17) is 11.0 Å². The van der Waals surface area contributed by atoms with Crippen molar-refractivity contribution in [1.82, 2.24) is 15.2 Å². The van der Waals surface area contributed by atoms with E-state index >= 15 is 0 Å². The largest absolute Gasteiger partial charge is 0.368 e. The Hall–Kier alpha value is -2.98. The monoisotopic (exact) mass is 366 g/mol. The lowest BCUT2D eigenvalue weighted by molar-refractivity contribution is 1.10. The van der Waals surface area contributed by atoms with Crippen LogP contribution in [0.2, 0.25) is 0 Å². The summed E-state index contributed by atoms with van der Waals surface area (Å²) in [5.41, 5.74) is 9.40. The molecule has 1 heterocycles. The summed E-state index contributed by atoms with van der Waals surface area (Å²) in [4.78, 5) is 6.33. The zero-order valence-electron chi connectivity index (χ0n) is 15.3. The Balaban J connectivity index is 0.00000117. The van der Waals surface area contributed by atoms with Gasteiger partial charge in [0.15, 0.2) is 0 Å². The molecule has 0 radical (unpaired) electrons. The molecule has 3 rings (SSSR count). The third kappa shape index (κ3) is 4.77. The van der Waals surface area contributed by atoms with E-state index in [1.165, 1.54) is 4.90 Å². The maximum absolute atomic E-state index is 8.88. The summed E-state index contributed by atoms with van der Waals surface area (Å²) in [7, 11) is 0. The Morgan fingerprint density at radius 1 is 1.12 bits per heavy atom. The van der Waals surface area contributed by atoms with Crippen LogP contribution < -0.4 is 11.1 Å². The number of nitriles is 1. The second-order valence-electron chi connectivity index (χ2n) is 5.35. The minimum absolute atomic E-state index is 0.277. The molecule has 6 nitrogen and oxygen atoms in total. The molecule has 0 aliphatic heterocycles. The molecule has 0 amide bonds. The van der Waals surface area contributed by atoms with Crippen LogP contribution >= 0.6 is 11.8 Å². The van der Waals surface area contributed by atoms with Crippen molar-refractivity contribution >= 4 is 29.3 Å². The minimum atomic E-state index is 0.277. The average Bonchev–Trinajstić information content (AvgIpc) is 3.05. The molecule has 0 saturated carbocycles. The van der Waals surface area contributed by atoms with Gasteiger partial charge in [0.25, 0.3) is 0 Å². The predicted molar refractivity (Wildman–Crippen MR) is 107 cm³/mol. The first kappa shape index (κ1) is 19.3. The Bertz CT molecular complexity index is 886. The van der Waals surface area contributed by atoms with Gasteiger partial charge in [-0.3, -0.25) is 0 Å². The number of hydrogen-bond acceptors (Lipinski definition) is 6. The van der Waals surface area contributed by atoms with Gasteiger partial charge in [-0.25, -0.2) is 5.10 Å². The smallest absolute Gasteiger partial charge is 0.248 e. The molecule has 0 aliphatic carbocycles. The third-order valence-electron chi connectivity index (χ3n) is 3.42. The molecule has 26 heavy (non-hydrogen) atoms. The van der Waals surface area contributed by atoms with Gasteiger partial charge in [-0.05, 0) is 61.4 Å². The quantitative estimate of drug-likeness (QED) is 0.613. The van der Waals surface area contributed by atoms with Crippen molar-refractivity contribution in [2.24, 2.45) is 0 Å². The molecule has 0 fully saturated rings. The van der Waals surface area contributed by atoms with Crippen molar-refractivity contribution in [1.29, 1.82) is 5.26 Å². The minimum Gasteiger partial charge on any atom is -0.368 e. The maximum Gasteiger partial charge on any atom is 0.248 e. The Morgan fingerprint density at radius 2 is 1.73 bits per heavy atom. The second-order valence-corrected chi connectivity index (χ2v) is 6.43. The molecule has 0 spiro atoms. The fourth-order valence-corrected chi connectivity index (χ4v) is 3.31. The molecule has 0 unspecified atom stereocenters. The van der Waals surface area contributed by atoms with Gasteiger partial charge in [-0.1, -0.05) is 25.6 Å². The van der Waals surface area contributed by atoms with E-state index in [2.05, 4.69) is 40.4 Å².